The molecular formula is C16H13F2N5O. The standard InChI is InChI=1S/C16H13F2N5O/c1-9-6-10(2)23(22-9)16-19-7-11(8-20-16)21-15(24)14-12(17)4-3-5-13(14)18/h3-8H,1-2H3,(H,21,24). The van der Waals surface area contributed by atoms with Crippen molar-refractivity contribution in [2.24, 2.45) is 0 Å². The van der Waals surface area contributed by atoms with Crippen LogP contribution in [0, 0.1) is 25.5 Å². The van der Waals surface area contributed by atoms with E-state index in [4.69, 9.17) is 0 Å². The Bertz CT molecular complexity index is 885. The molecule has 1 aromatic carbocycles. The number of nitrogens with zero attached hydrogens (tertiary/aromatic N) is 4. The molecule has 3 aromatic rings. The fraction of sp³-hybridized carbons (Fsp3) is 0.125. The van der Waals surface area contributed by atoms with Crippen LogP contribution in [0.1, 0.15) is 21.7 Å². The molecule has 0 aliphatic carbocycles. The molecule has 1 N–H and O–H groups in total. The molecule has 0 radical (unpaired) electrons. The van der Waals surface area contributed by atoms with Crippen molar-refractivity contribution >= 4 is 11.6 Å². The van der Waals surface area contributed by atoms with Crippen LogP contribution < -0.4 is 5.32 Å². The van der Waals surface area contributed by atoms with Crippen LogP contribution >= 0.6 is 0 Å². The summed E-state index contributed by atoms with van der Waals surface area (Å²) in [5.74, 6) is -2.45. The fourth-order valence-corrected chi connectivity index (χ4v) is 2.23. The van der Waals surface area contributed by atoms with Gasteiger partial charge in [0, 0.05) is 5.69 Å². The highest BCUT2D eigenvalue weighted by molar-refractivity contribution is 6.04. The van der Waals surface area contributed by atoms with Crippen molar-refractivity contribution in [1.29, 1.82) is 0 Å². The number of benzene rings is 1. The number of rotatable bonds is 3. The zero-order valence-corrected chi connectivity index (χ0v) is 12.9. The molecule has 0 spiro atoms. The first-order valence-electron chi connectivity index (χ1n) is 7.07. The van der Waals surface area contributed by atoms with E-state index in [1.807, 2.05) is 19.9 Å². The van der Waals surface area contributed by atoms with Crippen LogP contribution in [0.2, 0.25) is 0 Å². The smallest absolute Gasteiger partial charge is 0.261 e. The molecule has 0 aliphatic rings. The third-order valence-electron chi connectivity index (χ3n) is 3.28. The summed E-state index contributed by atoms with van der Waals surface area (Å²) >= 11 is 0. The molecule has 3 rings (SSSR count). The van der Waals surface area contributed by atoms with Crippen molar-refractivity contribution in [1.82, 2.24) is 19.7 Å². The Labute approximate surface area is 136 Å². The van der Waals surface area contributed by atoms with Crippen molar-refractivity contribution in [3.63, 3.8) is 0 Å². The van der Waals surface area contributed by atoms with E-state index in [2.05, 4.69) is 20.4 Å². The summed E-state index contributed by atoms with van der Waals surface area (Å²) in [5, 5.41) is 6.61. The molecule has 0 bridgehead atoms. The van der Waals surface area contributed by atoms with Gasteiger partial charge in [-0.15, -0.1) is 0 Å². The Morgan fingerprint density at radius 2 is 1.75 bits per heavy atom. The maximum absolute atomic E-state index is 13.6. The van der Waals surface area contributed by atoms with Gasteiger partial charge in [0.1, 0.15) is 17.2 Å². The largest absolute Gasteiger partial charge is 0.319 e. The van der Waals surface area contributed by atoms with E-state index in [1.165, 1.54) is 18.5 Å². The quantitative estimate of drug-likeness (QED) is 0.802. The number of aromatic nitrogens is 4. The number of carbonyl (C=O) groups is 1. The average Bonchev–Trinajstić information content (AvgIpc) is 2.86. The number of aryl methyl sites for hydroxylation is 2. The summed E-state index contributed by atoms with van der Waals surface area (Å²) in [7, 11) is 0. The van der Waals surface area contributed by atoms with E-state index >= 15 is 0 Å². The Balaban J connectivity index is 1.82. The summed E-state index contributed by atoms with van der Waals surface area (Å²) in [6.07, 6.45) is 2.69. The predicted molar refractivity (Wildman–Crippen MR) is 82.9 cm³/mol. The second kappa shape index (κ2) is 6.15. The van der Waals surface area contributed by atoms with Gasteiger partial charge in [-0.3, -0.25) is 4.79 Å². The molecule has 122 valence electrons. The predicted octanol–water partition coefficient (Wildman–Crippen LogP) is 2.81. The lowest BCUT2D eigenvalue weighted by atomic mass is 10.2. The Hall–Kier alpha value is -3.16. The van der Waals surface area contributed by atoms with Gasteiger partial charge in [-0.2, -0.15) is 5.10 Å². The van der Waals surface area contributed by atoms with Gasteiger partial charge in [0.2, 0.25) is 0 Å². The molecule has 1 amide bonds. The third-order valence-corrected chi connectivity index (χ3v) is 3.28. The highest BCUT2D eigenvalue weighted by Gasteiger charge is 2.17. The zero-order valence-electron chi connectivity index (χ0n) is 12.9. The van der Waals surface area contributed by atoms with E-state index < -0.39 is 23.1 Å². The minimum Gasteiger partial charge on any atom is -0.319 e. The van der Waals surface area contributed by atoms with Crippen LogP contribution in [0.3, 0.4) is 0 Å². The van der Waals surface area contributed by atoms with Gasteiger partial charge in [-0.05, 0) is 32.0 Å². The Morgan fingerprint density at radius 3 is 2.29 bits per heavy atom. The van der Waals surface area contributed by atoms with Gasteiger partial charge in [0.05, 0.1) is 23.8 Å². The molecule has 0 atom stereocenters. The molecule has 8 heteroatoms. The van der Waals surface area contributed by atoms with E-state index in [0.717, 1.165) is 23.5 Å². The van der Waals surface area contributed by atoms with Crippen LogP contribution in [0.15, 0.2) is 36.7 Å². The molecule has 0 saturated carbocycles. The van der Waals surface area contributed by atoms with Crippen LogP contribution in [0.4, 0.5) is 14.5 Å². The number of halogens is 2. The van der Waals surface area contributed by atoms with E-state index in [1.54, 1.807) is 4.68 Å². The second-order valence-electron chi connectivity index (χ2n) is 5.16. The molecule has 24 heavy (non-hydrogen) atoms. The van der Waals surface area contributed by atoms with Gasteiger partial charge in [-0.25, -0.2) is 23.4 Å². The highest BCUT2D eigenvalue weighted by Crippen LogP contribution is 2.15. The van der Waals surface area contributed by atoms with E-state index in [9.17, 15) is 13.6 Å². The van der Waals surface area contributed by atoms with Crippen LogP contribution in [-0.2, 0) is 0 Å². The maximum atomic E-state index is 13.6. The van der Waals surface area contributed by atoms with Gasteiger partial charge in [0.15, 0.2) is 0 Å². The minimum atomic E-state index is -0.937. The number of carbonyl (C=O) groups excluding carboxylic acids is 1. The summed E-state index contributed by atoms with van der Waals surface area (Å²) in [6.45, 7) is 3.71. The van der Waals surface area contributed by atoms with Crippen molar-refractivity contribution in [3.05, 3.63) is 65.2 Å². The van der Waals surface area contributed by atoms with Gasteiger partial charge < -0.3 is 5.32 Å². The minimum absolute atomic E-state index is 0.216. The lowest BCUT2D eigenvalue weighted by Crippen LogP contribution is -2.16. The van der Waals surface area contributed by atoms with Crippen LogP contribution in [0.25, 0.3) is 5.95 Å². The SMILES string of the molecule is Cc1cc(C)n(-c2ncc(NC(=O)c3c(F)cccc3F)cn2)n1. The normalized spacial score (nSPS) is 10.7. The number of hydrogen-bond acceptors (Lipinski definition) is 4. The van der Waals surface area contributed by atoms with E-state index in [0.29, 0.717) is 5.95 Å². The second-order valence-corrected chi connectivity index (χ2v) is 5.16. The fourth-order valence-electron chi connectivity index (χ4n) is 2.23. The molecule has 2 aromatic heterocycles. The molecule has 0 fully saturated rings. The van der Waals surface area contributed by atoms with Crippen molar-refractivity contribution in [3.8, 4) is 5.95 Å². The van der Waals surface area contributed by atoms with E-state index in [-0.39, 0.29) is 5.69 Å². The summed E-state index contributed by atoms with van der Waals surface area (Å²) in [6, 6.07) is 5.09. The molecule has 0 saturated heterocycles. The monoisotopic (exact) mass is 329 g/mol. The maximum Gasteiger partial charge on any atom is 0.261 e. The summed E-state index contributed by atoms with van der Waals surface area (Å²) in [5.41, 5.74) is 1.24. The number of hydrogen-bond donors (Lipinski definition) is 1. The molecule has 0 aliphatic heterocycles. The number of nitrogens with one attached hydrogen (secondary N) is 1. The lowest BCUT2D eigenvalue weighted by Gasteiger charge is -2.07. The molecule has 6 nitrogen and oxygen atoms in total. The molecule has 0 unspecified atom stereocenters. The number of anilines is 1. The number of amides is 1. The molecule has 2 heterocycles. The van der Waals surface area contributed by atoms with Crippen molar-refractivity contribution < 1.29 is 13.6 Å². The lowest BCUT2D eigenvalue weighted by molar-refractivity contribution is 0.101. The van der Waals surface area contributed by atoms with Gasteiger partial charge in [0.25, 0.3) is 11.9 Å². The first-order valence-corrected chi connectivity index (χ1v) is 7.07. The van der Waals surface area contributed by atoms with Crippen molar-refractivity contribution in [2.75, 3.05) is 5.32 Å². The Morgan fingerprint density at radius 1 is 1.12 bits per heavy atom. The first kappa shape index (κ1) is 15.7. The van der Waals surface area contributed by atoms with Crippen LogP contribution in [0.5, 0.6) is 0 Å². The van der Waals surface area contributed by atoms with Crippen LogP contribution in [-0.4, -0.2) is 25.7 Å². The van der Waals surface area contributed by atoms with Gasteiger partial charge >= 0.3 is 0 Å². The zero-order chi connectivity index (χ0) is 17.3. The average molecular weight is 329 g/mol. The molecular weight excluding hydrogens is 316 g/mol. The van der Waals surface area contributed by atoms with Crippen molar-refractivity contribution in [2.45, 2.75) is 13.8 Å². The van der Waals surface area contributed by atoms with Gasteiger partial charge in [-0.1, -0.05) is 6.07 Å². The summed E-state index contributed by atoms with van der Waals surface area (Å²) < 4.78 is 28.7. The highest BCUT2D eigenvalue weighted by atomic mass is 19.1. The summed E-state index contributed by atoms with van der Waals surface area (Å²) in [4.78, 5) is 20.2. The first-order chi connectivity index (χ1) is 11.5. The third kappa shape index (κ3) is 2.98. The Kier molecular flexibility index (Phi) is 4.03. The topological polar surface area (TPSA) is 72.7 Å².